The molecule has 0 aliphatic rings. The van der Waals surface area contributed by atoms with Gasteiger partial charge < -0.3 is 4.74 Å². The number of rotatable bonds is 4. The highest BCUT2D eigenvalue weighted by atomic mass is 79.9. The fourth-order valence-corrected chi connectivity index (χ4v) is 2.25. The zero-order chi connectivity index (χ0) is 17.5. The lowest BCUT2D eigenvalue weighted by Gasteiger charge is -2.07. The molecule has 5 nitrogen and oxygen atoms in total. The first-order chi connectivity index (χ1) is 11.5. The second-order valence-electron chi connectivity index (χ2n) is 4.64. The van der Waals surface area contributed by atoms with Gasteiger partial charge in [0, 0.05) is 16.1 Å². The first-order valence-electron chi connectivity index (χ1n) is 6.87. The maximum atomic E-state index is 13.4. The summed E-state index contributed by atoms with van der Waals surface area (Å²) in [4.78, 5) is 23.5. The van der Waals surface area contributed by atoms with Crippen molar-refractivity contribution in [1.82, 2.24) is 10.9 Å². The van der Waals surface area contributed by atoms with Crippen molar-refractivity contribution in [2.24, 2.45) is 0 Å². The molecule has 0 spiro atoms. The summed E-state index contributed by atoms with van der Waals surface area (Å²) >= 11 is 3.33. The molecule has 0 fully saturated rings. The standard InChI is InChI=1S/C17H14BrFN2O3/c1-24-15-8-7-12(18)10-11(15)6-9-16(22)20-21-17(23)13-4-2-3-5-14(13)19/h2-10H,1H3,(H,20,22)(H,21,23)/b9-6+. The summed E-state index contributed by atoms with van der Waals surface area (Å²) in [7, 11) is 1.52. The first kappa shape index (κ1) is 17.7. The number of carbonyl (C=O) groups is 2. The van der Waals surface area contributed by atoms with Crippen molar-refractivity contribution in [3.8, 4) is 5.75 Å². The maximum Gasteiger partial charge on any atom is 0.272 e. The van der Waals surface area contributed by atoms with Gasteiger partial charge in [0.2, 0.25) is 0 Å². The minimum Gasteiger partial charge on any atom is -0.496 e. The maximum absolute atomic E-state index is 13.4. The highest BCUT2D eigenvalue weighted by Crippen LogP contribution is 2.23. The predicted octanol–water partition coefficient (Wildman–Crippen LogP) is 3.07. The van der Waals surface area contributed by atoms with Crippen molar-refractivity contribution in [3.63, 3.8) is 0 Å². The van der Waals surface area contributed by atoms with E-state index in [-0.39, 0.29) is 5.56 Å². The van der Waals surface area contributed by atoms with Crippen LogP contribution in [0.25, 0.3) is 6.08 Å². The fraction of sp³-hybridized carbons (Fsp3) is 0.0588. The van der Waals surface area contributed by atoms with E-state index in [1.165, 1.54) is 37.5 Å². The third-order valence-electron chi connectivity index (χ3n) is 3.02. The number of ether oxygens (including phenoxy) is 1. The molecule has 7 heteroatoms. The van der Waals surface area contributed by atoms with Gasteiger partial charge >= 0.3 is 0 Å². The van der Waals surface area contributed by atoms with Crippen LogP contribution in [0, 0.1) is 5.82 Å². The predicted molar refractivity (Wildman–Crippen MR) is 91.7 cm³/mol. The molecule has 2 N–H and O–H groups in total. The van der Waals surface area contributed by atoms with Gasteiger partial charge in [-0.1, -0.05) is 28.1 Å². The van der Waals surface area contributed by atoms with Gasteiger partial charge in [-0.05, 0) is 36.4 Å². The minimum atomic E-state index is -0.741. The second kappa shape index (κ2) is 8.26. The van der Waals surface area contributed by atoms with Gasteiger partial charge in [0.15, 0.2) is 0 Å². The van der Waals surface area contributed by atoms with Crippen LogP contribution in [0.2, 0.25) is 0 Å². The van der Waals surface area contributed by atoms with Gasteiger partial charge in [-0.2, -0.15) is 0 Å². The van der Waals surface area contributed by atoms with Crippen LogP contribution in [-0.4, -0.2) is 18.9 Å². The number of hydrazine groups is 1. The molecule has 2 amide bonds. The van der Waals surface area contributed by atoms with Crippen LogP contribution < -0.4 is 15.6 Å². The largest absolute Gasteiger partial charge is 0.496 e. The lowest BCUT2D eigenvalue weighted by atomic mass is 10.2. The molecule has 2 aromatic carbocycles. The Bertz CT molecular complexity index is 793. The molecular weight excluding hydrogens is 379 g/mol. The third kappa shape index (κ3) is 4.66. The van der Waals surface area contributed by atoms with Gasteiger partial charge in [0.1, 0.15) is 11.6 Å². The van der Waals surface area contributed by atoms with Crippen LogP contribution in [0.4, 0.5) is 4.39 Å². The molecule has 0 atom stereocenters. The number of halogens is 2. The number of carbonyl (C=O) groups excluding carboxylic acids is 2. The van der Waals surface area contributed by atoms with Gasteiger partial charge in [0.25, 0.3) is 11.8 Å². The monoisotopic (exact) mass is 392 g/mol. The first-order valence-corrected chi connectivity index (χ1v) is 7.67. The molecule has 0 bridgehead atoms. The highest BCUT2D eigenvalue weighted by Gasteiger charge is 2.10. The summed E-state index contributed by atoms with van der Waals surface area (Å²) in [5, 5.41) is 0. The molecule has 2 aromatic rings. The Labute approximate surface area is 146 Å². The van der Waals surface area contributed by atoms with E-state index < -0.39 is 17.6 Å². The number of hydrogen-bond donors (Lipinski definition) is 2. The number of benzene rings is 2. The van der Waals surface area contributed by atoms with E-state index in [4.69, 9.17) is 4.74 Å². The SMILES string of the molecule is COc1ccc(Br)cc1/C=C/C(=O)NNC(=O)c1ccccc1F. The van der Waals surface area contributed by atoms with E-state index >= 15 is 0 Å². The molecule has 0 aliphatic carbocycles. The molecule has 24 heavy (non-hydrogen) atoms. The van der Waals surface area contributed by atoms with Crippen LogP contribution in [-0.2, 0) is 4.79 Å². The number of methoxy groups -OCH3 is 1. The Morgan fingerprint density at radius 1 is 1.17 bits per heavy atom. The van der Waals surface area contributed by atoms with Crippen LogP contribution >= 0.6 is 15.9 Å². The van der Waals surface area contributed by atoms with E-state index in [1.54, 1.807) is 12.1 Å². The molecule has 0 unspecified atom stereocenters. The van der Waals surface area contributed by atoms with Gasteiger partial charge in [-0.25, -0.2) is 4.39 Å². The molecular formula is C17H14BrFN2O3. The van der Waals surface area contributed by atoms with Crippen LogP contribution in [0.3, 0.4) is 0 Å². The van der Waals surface area contributed by atoms with Crippen molar-refractivity contribution >= 4 is 33.8 Å². The molecule has 0 saturated carbocycles. The average molecular weight is 393 g/mol. The molecule has 124 valence electrons. The van der Waals surface area contributed by atoms with Crippen LogP contribution in [0.5, 0.6) is 5.75 Å². The summed E-state index contributed by atoms with van der Waals surface area (Å²) < 4.78 is 19.5. The van der Waals surface area contributed by atoms with Crippen LogP contribution in [0.15, 0.2) is 53.0 Å². The summed E-state index contributed by atoms with van der Waals surface area (Å²) in [5.41, 5.74) is 4.86. The summed E-state index contributed by atoms with van der Waals surface area (Å²) in [5.74, 6) is -1.38. The quantitative estimate of drug-likeness (QED) is 0.620. The molecule has 0 aromatic heterocycles. The topological polar surface area (TPSA) is 67.4 Å². The van der Waals surface area contributed by atoms with Gasteiger partial charge in [0.05, 0.1) is 12.7 Å². The Morgan fingerprint density at radius 2 is 1.92 bits per heavy atom. The normalized spacial score (nSPS) is 10.5. The number of amides is 2. The van der Waals surface area contributed by atoms with E-state index in [0.717, 1.165) is 10.5 Å². The lowest BCUT2D eigenvalue weighted by molar-refractivity contribution is -0.117. The lowest BCUT2D eigenvalue weighted by Crippen LogP contribution is -2.41. The molecule has 0 aliphatic heterocycles. The van der Waals surface area contributed by atoms with Gasteiger partial charge in [-0.3, -0.25) is 20.4 Å². The van der Waals surface area contributed by atoms with Crippen molar-refractivity contribution in [2.75, 3.05) is 7.11 Å². The zero-order valence-electron chi connectivity index (χ0n) is 12.7. The number of nitrogens with one attached hydrogen (secondary N) is 2. The summed E-state index contributed by atoms with van der Waals surface area (Å²) in [6, 6.07) is 10.8. The van der Waals surface area contributed by atoms with Crippen molar-refractivity contribution in [3.05, 3.63) is 70.0 Å². The van der Waals surface area contributed by atoms with E-state index in [9.17, 15) is 14.0 Å². The zero-order valence-corrected chi connectivity index (χ0v) is 14.3. The van der Waals surface area contributed by atoms with E-state index in [0.29, 0.717) is 11.3 Å². The minimum absolute atomic E-state index is 0.157. The highest BCUT2D eigenvalue weighted by molar-refractivity contribution is 9.10. The van der Waals surface area contributed by atoms with Crippen molar-refractivity contribution in [2.45, 2.75) is 0 Å². The molecule has 2 rings (SSSR count). The van der Waals surface area contributed by atoms with Gasteiger partial charge in [-0.15, -0.1) is 0 Å². The smallest absolute Gasteiger partial charge is 0.272 e. The van der Waals surface area contributed by atoms with Crippen molar-refractivity contribution < 1.29 is 18.7 Å². The summed E-state index contributed by atoms with van der Waals surface area (Å²) in [6.07, 6.45) is 2.76. The van der Waals surface area contributed by atoms with Crippen molar-refractivity contribution in [1.29, 1.82) is 0 Å². The fourth-order valence-electron chi connectivity index (χ4n) is 1.87. The second-order valence-corrected chi connectivity index (χ2v) is 5.56. The number of hydrogen-bond acceptors (Lipinski definition) is 3. The van der Waals surface area contributed by atoms with Crippen LogP contribution in [0.1, 0.15) is 15.9 Å². The molecule has 0 radical (unpaired) electrons. The third-order valence-corrected chi connectivity index (χ3v) is 3.52. The summed E-state index contributed by atoms with van der Waals surface area (Å²) in [6.45, 7) is 0. The molecule has 0 heterocycles. The molecule has 0 saturated heterocycles. The Kier molecular flexibility index (Phi) is 6.08. The Morgan fingerprint density at radius 3 is 2.62 bits per heavy atom. The average Bonchev–Trinajstić information content (AvgIpc) is 2.58. The van der Waals surface area contributed by atoms with E-state index in [2.05, 4.69) is 26.8 Å². The Hall–Kier alpha value is -2.67. The Balaban J connectivity index is 1.98. The van der Waals surface area contributed by atoms with E-state index in [1.807, 2.05) is 6.07 Å².